The summed E-state index contributed by atoms with van der Waals surface area (Å²) in [5.41, 5.74) is -0.604. The minimum Gasteiger partial charge on any atom is -0.316 e. The van der Waals surface area contributed by atoms with Gasteiger partial charge in [-0.3, -0.25) is 0 Å². The Bertz CT molecular complexity index is 631. The maximum Gasteiger partial charge on any atom is 0.140 e. The van der Waals surface area contributed by atoms with Gasteiger partial charge in [0.1, 0.15) is 6.29 Å². The van der Waals surface area contributed by atoms with Crippen molar-refractivity contribution in [1.29, 1.82) is 0 Å². The van der Waals surface area contributed by atoms with Gasteiger partial charge in [-0.2, -0.15) is 0 Å². The monoisotopic (exact) mass is 444 g/mol. The van der Waals surface area contributed by atoms with Crippen molar-refractivity contribution in [2.45, 2.75) is 69.9 Å². The number of hydrogen-bond donors (Lipinski definition) is 2. The molecule has 0 aliphatic heterocycles. The van der Waals surface area contributed by atoms with Crippen LogP contribution in [0.2, 0.25) is 10.0 Å². The molecule has 0 aromatic heterocycles. The van der Waals surface area contributed by atoms with E-state index in [1.54, 1.807) is 32.0 Å². The van der Waals surface area contributed by atoms with E-state index in [9.17, 15) is 4.79 Å². The molecule has 1 aromatic carbocycles. The Hall–Kier alpha value is -0.260. The smallest absolute Gasteiger partial charge is 0.140 e. The van der Waals surface area contributed by atoms with Crippen molar-refractivity contribution in [3.8, 4) is 0 Å². The van der Waals surface area contributed by atoms with Gasteiger partial charge in [0.25, 0.3) is 0 Å². The van der Waals surface area contributed by atoms with Crippen molar-refractivity contribution in [2.75, 3.05) is 7.05 Å². The van der Waals surface area contributed by atoms with Crippen LogP contribution < -0.4 is 10.0 Å². The summed E-state index contributed by atoms with van der Waals surface area (Å²) in [5.74, 6) is 3.91. The maximum atomic E-state index is 10.7. The van der Waals surface area contributed by atoms with Crippen LogP contribution in [0.4, 0.5) is 0 Å². The van der Waals surface area contributed by atoms with Gasteiger partial charge in [0.05, 0.1) is 20.5 Å². The zero-order chi connectivity index (χ0) is 20.9. The fourth-order valence-electron chi connectivity index (χ4n) is 4.73. The lowest BCUT2D eigenvalue weighted by molar-refractivity contribution is -0.111. The first kappa shape index (κ1) is 24.0. The molecular weight excluding hydrogens is 411 g/mol. The number of aldehydes is 1. The molecular formula is C22H34Cl2N2OS. The highest BCUT2D eigenvalue weighted by Crippen LogP contribution is 2.44. The Balaban J connectivity index is 0.000000202. The van der Waals surface area contributed by atoms with Crippen molar-refractivity contribution in [3.63, 3.8) is 0 Å². The molecule has 0 radical (unpaired) electrons. The number of hydrogen-bond acceptors (Lipinski definition) is 4. The second kappa shape index (κ2) is 10.7. The molecule has 5 atom stereocenters. The molecule has 2 aliphatic carbocycles. The topological polar surface area (TPSA) is 41.1 Å². The lowest BCUT2D eigenvalue weighted by atomic mass is 9.63. The van der Waals surface area contributed by atoms with Crippen molar-refractivity contribution in [3.05, 3.63) is 28.2 Å². The molecule has 2 saturated carbocycles. The van der Waals surface area contributed by atoms with E-state index in [-0.39, 0.29) is 0 Å². The van der Waals surface area contributed by atoms with Gasteiger partial charge < -0.3 is 10.1 Å². The molecule has 0 heterocycles. The van der Waals surface area contributed by atoms with Crippen molar-refractivity contribution >= 4 is 41.4 Å². The first-order chi connectivity index (χ1) is 13.2. The summed E-state index contributed by atoms with van der Waals surface area (Å²) < 4.78 is 2.99. The van der Waals surface area contributed by atoms with E-state index in [1.807, 2.05) is 0 Å². The lowest BCUT2D eigenvalue weighted by Crippen LogP contribution is -2.47. The standard InChI is InChI=1S/C12H23N.C10H11Cl2NOS/c1-8-4-10-6-9(2)12(13-3)11(5-8)7-10;1-10(2,6-14)13-15-9-7(11)4-3-5-8(9)12/h8-13H,4-7H2,1-3H3;3-6,13H,1-2H3. The Morgan fingerprint density at radius 3 is 2.32 bits per heavy atom. The second-order valence-corrected chi connectivity index (χ2v) is 10.7. The number of halogens is 2. The third kappa shape index (κ3) is 6.63. The van der Waals surface area contributed by atoms with Gasteiger partial charge in [-0.05, 0) is 94.3 Å². The molecule has 5 unspecified atom stereocenters. The summed E-state index contributed by atoms with van der Waals surface area (Å²) in [4.78, 5) is 11.4. The van der Waals surface area contributed by atoms with Crippen LogP contribution in [0.3, 0.4) is 0 Å². The Kier molecular flexibility index (Phi) is 9.15. The molecule has 1 aromatic rings. The first-order valence-electron chi connectivity index (χ1n) is 10.2. The van der Waals surface area contributed by atoms with Crippen LogP contribution >= 0.6 is 35.1 Å². The molecule has 2 bridgehead atoms. The predicted octanol–water partition coefficient (Wildman–Crippen LogP) is 6.23. The Morgan fingerprint density at radius 1 is 1.11 bits per heavy atom. The molecule has 0 saturated heterocycles. The number of rotatable bonds is 5. The van der Waals surface area contributed by atoms with E-state index in [0.717, 1.165) is 40.9 Å². The molecule has 2 fully saturated rings. The molecule has 0 amide bonds. The number of benzene rings is 1. The van der Waals surface area contributed by atoms with E-state index < -0.39 is 5.54 Å². The van der Waals surface area contributed by atoms with Crippen molar-refractivity contribution in [1.82, 2.24) is 10.0 Å². The summed E-state index contributed by atoms with van der Waals surface area (Å²) in [6.07, 6.45) is 6.76. The third-order valence-electron chi connectivity index (χ3n) is 5.87. The van der Waals surface area contributed by atoms with Gasteiger partial charge in [0.2, 0.25) is 0 Å². The van der Waals surface area contributed by atoms with Crippen molar-refractivity contribution < 1.29 is 4.79 Å². The van der Waals surface area contributed by atoms with Gasteiger partial charge in [0, 0.05) is 6.04 Å². The minimum absolute atomic E-state index is 0.571. The van der Waals surface area contributed by atoms with Gasteiger partial charge in [-0.15, -0.1) is 0 Å². The quantitative estimate of drug-likeness (QED) is 0.416. The largest absolute Gasteiger partial charge is 0.316 e. The Labute approximate surface area is 184 Å². The van der Waals surface area contributed by atoms with Crippen LogP contribution in [-0.2, 0) is 4.79 Å². The zero-order valence-corrected chi connectivity index (χ0v) is 19.9. The van der Waals surface area contributed by atoms with E-state index in [2.05, 4.69) is 30.9 Å². The fourth-order valence-corrected chi connectivity index (χ4v) is 6.11. The van der Waals surface area contributed by atoms with Crippen LogP contribution in [0.25, 0.3) is 0 Å². The molecule has 158 valence electrons. The first-order valence-corrected chi connectivity index (χ1v) is 11.8. The average Bonchev–Trinajstić information content (AvgIpc) is 2.61. The average molecular weight is 446 g/mol. The molecule has 2 aliphatic rings. The van der Waals surface area contributed by atoms with E-state index in [0.29, 0.717) is 10.0 Å². The van der Waals surface area contributed by atoms with Crippen LogP contribution in [-0.4, -0.2) is 24.9 Å². The van der Waals surface area contributed by atoms with Crippen molar-refractivity contribution in [2.24, 2.45) is 23.7 Å². The summed E-state index contributed by atoms with van der Waals surface area (Å²) in [6.45, 7) is 8.41. The molecule has 6 heteroatoms. The summed E-state index contributed by atoms with van der Waals surface area (Å²) >= 11 is 13.2. The van der Waals surface area contributed by atoms with Crippen LogP contribution in [0.1, 0.15) is 53.4 Å². The third-order valence-corrected chi connectivity index (χ3v) is 7.99. The lowest BCUT2D eigenvalue weighted by Gasteiger charge is -2.46. The van der Waals surface area contributed by atoms with Crippen LogP contribution in [0.5, 0.6) is 0 Å². The van der Waals surface area contributed by atoms with Gasteiger partial charge in [-0.25, -0.2) is 4.72 Å². The zero-order valence-electron chi connectivity index (χ0n) is 17.6. The van der Waals surface area contributed by atoms with Gasteiger partial charge in [0.15, 0.2) is 0 Å². The molecule has 28 heavy (non-hydrogen) atoms. The van der Waals surface area contributed by atoms with Gasteiger partial charge >= 0.3 is 0 Å². The SMILES string of the molecule is CC(C)(C=O)NSc1c(Cl)cccc1Cl.CNC1C(C)CC2CC(C)CC1C2. The highest BCUT2D eigenvalue weighted by atomic mass is 35.5. The number of nitrogens with one attached hydrogen (secondary N) is 2. The Morgan fingerprint density at radius 2 is 1.75 bits per heavy atom. The highest BCUT2D eigenvalue weighted by Gasteiger charge is 2.38. The second-order valence-electron chi connectivity index (χ2n) is 9.06. The number of carbonyl (C=O) groups is 1. The van der Waals surface area contributed by atoms with E-state index >= 15 is 0 Å². The minimum atomic E-state index is -0.604. The van der Waals surface area contributed by atoms with Crippen LogP contribution in [0, 0.1) is 23.7 Å². The summed E-state index contributed by atoms with van der Waals surface area (Å²) in [6, 6.07) is 6.09. The van der Waals surface area contributed by atoms with Crippen LogP contribution in [0.15, 0.2) is 23.1 Å². The predicted molar refractivity (Wildman–Crippen MR) is 122 cm³/mol. The number of carbonyl (C=O) groups excluding carboxylic acids is 1. The molecule has 2 N–H and O–H groups in total. The molecule has 0 spiro atoms. The molecule has 3 nitrogen and oxygen atoms in total. The molecule has 3 rings (SSSR count). The maximum absolute atomic E-state index is 10.7. The summed E-state index contributed by atoms with van der Waals surface area (Å²) in [7, 11) is 2.14. The highest BCUT2D eigenvalue weighted by molar-refractivity contribution is 7.97. The van der Waals surface area contributed by atoms with E-state index in [4.69, 9.17) is 23.2 Å². The normalized spacial score (nSPS) is 29.6. The van der Waals surface area contributed by atoms with Gasteiger partial charge in [-0.1, -0.05) is 43.1 Å². The number of fused-ring (bicyclic) bond motifs is 2. The fraction of sp³-hybridized carbons (Fsp3) is 0.682. The summed E-state index contributed by atoms with van der Waals surface area (Å²) in [5, 5.41) is 4.67. The van der Waals surface area contributed by atoms with E-state index in [1.165, 1.54) is 37.6 Å².